The van der Waals surface area contributed by atoms with E-state index in [1.807, 2.05) is 0 Å². The lowest BCUT2D eigenvalue weighted by Crippen LogP contribution is -2.55. The van der Waals surface area contributed by atoms with Crippen LogP contribution in [-0.4, -0.2) is 18.5 Å². The zero-order chi connectivity index (χ0) is 8.82. The van der Waals surface area contributed by atoms with Gasteiger partial charge in [0.25, 0.3) is 0 Å². The standard InChI is InChI=1S/C10H18O2/c1-9(2,3)8-7-10(12-8)5-4-6-11-10/h8H,4-7H2,1-3H3. The van der Waals surface area contributed by atoms with Gasteiger partial charge in [0.2, 0.25) is 0 Å². The van der Waals surface area contributed by atoms with E-state index in [0.717, 1.165) is 25.9 Å². The van der Waals surface area contributed by atoms with Crippen LogP contribution in [0.5, 0.6) is 0 Å². The van der Waals surface area contributed by atoms with E-state index in [0.29, 0.717) is 6.10 Å². The van der Waals surface area contributed by atoms with Crippen LogP contribution < -0.4 is 0 Å². The fourth-order valence-electron chi connectivity index (χ4n) is 1.94. The molecule has 2 aliphatic rings. The maximum absolute atomic E-state index is 5.83. The lowest BCUT2D eigenvalue weighted by molar-refractivity contribution is -0.342. The van der Waals surface area contributed by atoms with Crippen LogP contribution in [0.3, 0.4) is 0 Å². The third kappa shape index (κ3) is 1.27. The number of hydrogen-bond donors (Lipinski definition) is 0. The smallest absolute Gasteiger partial charge is 0.171 e. The Hall–Kier alpha value is -0.0800. The second-order valence-electron chi connectivity index (χ2n) is 5.04. The Labute approximate surface area is 74.2 Å². The molecule has 1 spiro atoms. The lowest BCUT2D eigenvalue weighted by Gasteiger charge is -2.49. The molecule has 0 aromatic rings. The molecule has 2 atom stereocenters. The minimum atomic E-state index is -0.155. The summed E-state index contributed by atoms with van der Waals surface area (Å²) in [5.41, 5.74) is 0.275. The van der Waals surface area contributed by atoms with Gasteiger partial charge in [0.1, 0.15) is 0 Å². The highest BCUT2D eigenvalue weighted by atomic mass is 16.7. The van der Waals surface area contributed by atoms with Crippen molar-refractivity contribution in [2.24, 2.45) is 5.41 Å². The van der Waals surface area contributed by atoms with Crippen LogP contribution in [0, 0.1) is 5.41 Å². The average Bonchev–Trinajstić information content (AvgIpc) is 2.27. The monoisotopic (exact) mass is 170 g/mol. The van der Waals surface area contributed by atoms with Gasteiger partial charge in [0, 0.05) is 12.8 Å². The molecule has 0 aromatic carbocycles. The van der Waals surface area contributed by atoms with Gasteiger partial charge >= 0.3 is 0 Å². The Kier molecular flexibility index (Phi) is 1.74. The van der Waals surface area contributed by atoms with Crippen LogP contribution >= 0.6 is 0 Å². The highest BCUT2D eigenvalue weighted by Gasteiger charge is 2.52. The quantitative estimate of drug-likeness (QED) is 0.555. The van der Waals surface area contributed by atoms with Gasteiger partial charge in [-0.05, 0) is 11.8 Å². The number of ether oxygens (including phenoxy) is 2. The third-order valence-electron chi connectivity index (χ3n) is 2.89. The molecule has 70 valence electrons. The Balaban J connectivity index is 1.90. The maximum Gasteiger partial charge on any atom is 0.171 e. The zero-order valence-electron chi connectivity index (χ0n) is 8.22. The molecule has 12 heavy (non-hydrogen) atoms. The molecule has 2 nitrogen and oxygen atoms in total. The topological polar surface area (TPSA) is 18.5 Å². The summed E-state index contributed by atoms with van der Waals surface area (Å²) in [6, 6.07) is 0. The van der Waals surface area contributed by atoms with Gasteiger partial charge in [-0.1, -0.05) is 20.8 Å². The molecule has 0 aromatic heterocycles. The van der Waals surface area contributed by atoms with E-state index in [2.05, 4.69) is 20.8 Å². The summed E-state index contributed by atoms with van der Waals surface area (Å²) in [6.07, 6.45) is 3.75. The SMILES string of the molecule is CC(C)(C)C1CC2(CCCO2)O1. The van der Waals surface area contributed by atoms with E-state index in [4.69, 9.17) is 9.47 Å². The van der Waals surface area contributed by atoms with Gasteiger partial charge in [-0.2, -0.15) is 0 Å². The molecule has 0 radical (unpaired) electrons. The molecule has 2 unspecified atom stereocenters. The van der Waals surface area contributed by atoms with Crippen molar-refractivity contribution >= 4 is 0 Å². The van der Waals surface area contributed by atoms with E-state index >= 15 is 0 Å². The van der Waals surface area contributed by atoms with E-state index in [9.17, 15) is 0 Å². The highest BCUT2D eigenvalue weighted by Crippen LogP contribution is 2.47. The van der Waals surface area contributed by atoms with Crippen molar-refractivity contribution in [3.05, 3.63) is 0 Å². The fraction of sp³-hybridized carbons (Fsp3) is 1.00. The zero-order valence-corrected chi connectivity index (χ0v) is 8.22. The predicted molar refractivity (Wildman–Crippen MR) is 46.9 cm³/mol. The largest absolute Gasteiger partial charge is 0.350 e. The third-order valence-corrected chi connectivity index (χ3v) is 2.89. The van der Waals surface area contributed by atoms with E-state index in [1.165, 1.54) is 0 Å². The van der Waals surface area contributed by atoms with Crippen molar-refractivity contribution < 1.29 is 9.47 Å². The van der Waals surface area contributed by atoms with Crippen molar-refractivity contribution in [2.45, 2.75) is 51.9 Å². The molecule has 2 fully saturated rings. The first-order chi connectivity index (χ1) is 5.52. The molecule has 2 heterocycles. The highest BCUT2D eigenvalue weighted by molar-refractivity contribution is 4.94. The first-order valence-corrected chi connectivity index (χ1v) is 4.84. The number of rotatable bonds is 0. The summed E-state index contributed by atoms with van der Waals surface area (Å²) in [6.45, 7) is 7.55. The van der Waals surface area contributed by atoms with Gasteiger partial charge in [0.05, 0.1) is 12.7 Å². The van der Waals surface area contributed by atoms with Crippen LogP contribution in [-0.2, 0) is 9.47 Å². The van der Waals surface area contributed by atoms with Gasteiger partial charge < -0.3 is 9.47 Å². The predicted octanol–water partition coefficient (Wildman–Crippen LogP) is 2.33. The summed E-state index contributed by atoms with van der Waals surface area (Å²) in [4.78, 5) is 0. The molecule has 2 saturated heterocycles. The molecule has 0 amide bonds. The van der Waals surface area contributed by atoms with Crippen LogP contribution in [0.15, 0.2) is 0 Å². The Morgan fingerprint density at radius 1 is 1.33 bits per heavy atom. The van der Waals surface area contributed by atoms with Crippen molar-refractivity contribution in [1.82, 2.24) is 0 Å². The van der Waals surface area contributed by atoms with E-state index in [1.54, 1.807) is 0 Å². The van der Waals surface area contributed by atoms with Crippen molar-refractivity contribution in [3.63, 3.8) is 0 Å². The molecule has 0 saturated carbocycles. The average molecular weight is 170 g/mol. The number of hydrogen-bond acceptors (Lipinski definition) is 2. The van der Waals surface area contributed by atoms with Gasteiger partial charge in [-0.25, -0.2) is 0 Å². The summed E-state index contributed by atoms with van der Waals surface area (Å²) in [7, 11) is 0. The summed E-state index contributed by atoms with van der Waals surface area (Å²) in [5, 5.41) is 0. The minimum Gasteiger partial charge on any atom is -0.350 e. The van der Waals surface area contributed by atoms with Crippen molar-refractivity contribution in [1.29, 1.82) is 0 Å². The molecule has 2 aliphatic heterocycles. The van der Waals surface area contributed by atoms with Crippen LogP contribution in [0.2, 0.25) is 0 Å². The summed E-state index contributed by atoms with van der Waals surface area (Å²) in [5.74, 6) is -0.155. The summed E-state index contributed by atoms with van der Waals surface area (Å²) < 4.78 is 11.4. The van der Waals surface area contributed by atoms with Gasteiger partial charge in [-0.3, -0.25) is 0 Å². The maximum atomic E-state index is 5.83. The molecule has 0 aliphatic carbocycles. The molecule has 0 bridgehead atoms. The molecular formula is C10H18O2. The van der Waals surface area contributed by atoms with Crippen molar-refractivity contribution in [3.8, 4) is 0 Å². The molecule has 2 rings (SSSR count). The van der Waals surface area contributed by atoms with Crippen molar-refractivity contribution in [2.75, 3.05) is 6.61 Å². The minimum absolute atomic E-state index is 0.155. The van der Waals surface area contributed by atoms with Gasteiger partial charge in [-0.15, -0.1) is 0 Å². The summed E-state index contributed by atoms with van der Waals surface area (Å²) >= 11 is 0. The van der Waals surface area contributed by atoms with E-state index < -0.39 is 0 Å². The van der Waals surface area contributed by atoms with Crippen LogP contribution in [0.25, 0.3) is 0 Å². The fourth-order valence-corrected chi connectivity index (χ4v) is 1.94. The molecule has 0 N–H and O–H groups in total. The van der Waals surface area contributed by atoms with E-state index in [-0.39, 0.29) is 11.2 Å². The Morgan fingerprint density at radius 3 is 2.42 bits per heavy atom. The first kappa shape index (κ1) is 8.52. The Morgan fingerprint density at radius 2 is 2.00 bits per heavy atom. The van der Waals surface area contributed by atoms with Gasteiger partial charge in [0.15, 0.2) is 5.79 Å². The molecule has 2 heteroatoms. The molecular weight excluding hydrogens is 152 g/mol. The Bertz CT molecular complexity index is 167. The first-order valence-electron chi connectivity index (χ1n) is 4.84. The van der Waals surface area contributed by atoms with Crippen LogP contribution in [0.1, 0.15) is 40.0 Å². The lowest BCUT2D eigenvalue weighted by atomic mass is 9.80. The second kappa shape index (κ2) is 2.46. The van der Waals surface area contributed by atoms with Crippen LogP contribution in [0.4, 0.5) is 0 Å². The normalized spacial score (nSPS) is 41.8. The second-order valence-corrected chi connectivity index (χ2v) is 5.04.